The average molecular weight is 211 g/mol. The maximum Gasteiger partial charge on any atom is 0.237 e. The zero-order chi connectivity index (χ0) is 10.1. The second kappa shape index (κ2) is 3.81. The normalized spacial score (nSPS) is 33.4. The van der Waals surface area contributed by atoms with Crippen molar-refractivity contribution in [2.24, 2.45) is 0 Å². The molecule has 1 aromatic rings. The molecule has 76 valence electrons. The van der Waals surface area contributed by atoms with Crippen molar-refractivity contribution < 1.29 is 8.39 Å². The third kappa shape index (κ3) is 1.61. The molecule has 0 amide bonds. The van der Waals surface area contributed by atoms with Crippen LogP contribution in [0.1, 0.15) is 18.6 Å². The van der Waals surface area contributed by atoms with E-state index in [-0.39, 0.29) is 12.1 Å². The Bertz CT molecular complexity index is 341. The van der Waals surface area contributed by atoms with Gasteiger partial charge in [-0.3, -0.25) is 4.18 Å². The fraction of sp³-hybridized carbons (Fsp3) is 0.400. The summed E-state index contributed by atoms with van der Waals surface area (Å²) < 4.78 is 18.5. The zero-order valence-electron chi connectivity index (χ0n) is 8.21. The first-order valence-electron chi connectivity index (χ1n) is 4.57. The summed E-state index contributed by atoms with van der Waals surface area (Å²) in [4.78, 5) is 0. The van der Waals surface area contributed by atoms with E-state index < -0.39 is 11.3 Å². The van der Waals surface area contributed by atoms with E-state index in [1.165, 1.54) is 0 Å². The topological polar surface area (TPSA) is 29.5 Å². The van der Waals surface area contributed by atoms with Gasteiger partial charge in [0, 0.05) is 7.05 Å². The van der Waals surface area contributed by atoms with E-state index >= 15 is 0 Å². The van der Waals surface area contributed by atoms with Gasteiger partial charge in [-0.05, 0) is 12.5 Å². The fourth-order valence-electron chi connectivity index (χ4n) is 1.54. The quantitative estimate of drug-likeness (QED) is 0.707. The van der Waals surface area contributed by atoms with Crippen LogP contribution < -0.4 is 0 Å². The maximum atomic E-state index is 11.4. The van der Waals surface area contributed by atoms with Gasteiger partial charge in [0.05, 0.1) is 6.04 Å². The number of nitrogens with zero attached hydrogens (tertiary/aromatic N) is 1. The lowest BCUT2D eigenvalue weighted by Crippen LogP contribution is -2.25. The Kier molecular flexibility index (Phi) is 2.67. The van der Waals surface area contributed by atoms with Crippen molar-refractivity contribution >= 4 is 11.3 Å². The Balaban J connectivity index is 2.26. The summed E-state index contributed by atoms with van der Waals surface area (Å²) in [5.74, 6) is 0. The van der Waals surface area contributed by atoms with Crippen LogP contribution in [0.25, 0.3) is 0 Å². The zero-order valence-corrected chi connectivity index (χ0v) is 9.03. The van der Waals surface area contributed by atoms with Gasteiger partial charge in [-0.2, -0.15) is 4.31 Å². The molecule has 3 atom stereocenters. The van der Waals surface area contributed by atoms with Crippen LogP contribution in [0.4, 0.5) is 0 Å². The molecule has 2 rings (SSSR count). The number of hydrogen-bond donors (Lipinski definition) is 0. The summed E-state index contributed by atoms with van der Waals surface area (Å²) in [6.07, 6.45) is -0.0815. The SMILES string of the molecule is CC1C(c2ccccc2)OS(=O)N1C. The average Bonchev–Trinajstić information content (AvgIpc) is 2.47. The largest absolute Gasteiger partial charge is 0.268 e. The molecule has 1 aromatic carbocycles. The first-order chi connectivity index (χ1) is 6.70. The summed E-state index contributed by atoms with van der Waals surface area (Å²) in [6.45, 7) is 2.02. The monoisotopic (exact) mass is 211 g/mol. The van der Waals surface area contributed by atoms with E-state index in [0.29, 0.717) is 0 Å². The van der Waals surface area contributed by atoms with Crippen LogP contribution in [0.2, 0.25) is 0 Å². The van der Waals surface area contributed by atoms with Gasteiger partial charge in [0.25, 0.3) is 0 Å². The lowest BCUT2D eigenvalue weighted by molar-refractivity contribution is 0.218. The van der Waals surface area contributed by atoms with Gasteiger partial charge in [-0.25, -0.2) is 4.21 Å². The van der Waals surface area contributed by atoms with E-state index in [0.717, 1.165) is 5.56 Å². The first kappa shape index (κ1) is 9.83. The Morgan fingerprint density at radius 2 is 2.00 bits per heavy atom. The van der Waals surface area contributed by atoms with Crippen LogP contribution in [-0.2, 0) is 15.4 Å². The Labute approximate surface area is 86.5 Å². The van der Waals surface area contributed by atoms with E-state index in [1.807, 2.05) is 44.3 Å². The summed E-state index contributed by atoms with van der Waals surface area (Å²) in [6, 6.07) is 10.0. The second-order valence-corrected chi connectivity index (χ2v) is 4.63. The Hall–Kier alpha value is -0.710. The Morgan fingerprint density at radius 3 is 2.50 bits per heavy atom. The van der Waals surface area contributed by atoms with Gasteiger partial charge in [-0.15, -0.1) is 0 Å². The maximum absolute atomic E-state index is 11.4. The molecule has 1 saturated heterocycles. The molecule has 1 fully saturated rings. The molecule has 3 unspecified atom stereocenters. The van der Waals surface area contributed by atoms with Crippen LogP contribution in [0.15, 0.2) is 30.3 Å². The van der Waals surface area contributed by atoms with Gasteiger partial charge in [0.2, 0.25) is 11.3 Å². The lowest BCUT2D eigenvalue weighted by Gasteiger charge is -2.15. The molecule has 0 bridgehead atoms. The molecule has 1 aliphatic rings. The summed E-state index contributed by atoms with van der Waals surface area (Å²) in [5, 5.41) is 0. The molecule has 4 heteroatoms. The minimum Gasteiger partial charge on any atom is -0.268 e. The summed E-state index contributed by atoms with van der Waals surface area (Å²) >= 11 is -1.29. The number of likely N-dealkylation sites (N-methyl/N-ethyl adjacent to an activating group) is 1. The van der Waals surface area contributed by atoms with Crippen molar-refractivity contribution in [1.29, 1.82) is 0 Å². The van der Waals surface area contributed by atoms with Gasteiger partial charge in [-0.1, -0.05) is 30.3 Å². The third-order valence-electron chi connectivity index (χ3n) is 2.56. The molecular weight excluding hydrogens is 198 g/mol. The van der Waals surface area contributed by atoms with Crippen LogP contribution in [-0.4, -0.2) is 21.6 Å². The molecule has 1 aliphatic heterocycles. The first-order valence-corrected chi connectivity index (χ1v) is 5.60. The highest BCUT2D eigenvalue weighted by Crippen LogP contribution is 2.32. The lowest BCUT2D eigenvalue weighted by atomic mass is 10.0. The minimum absolute atomic E-state index is 0.0815. The van der Waals surface area contributed by atoms with E-state index in [4.69, 9.17) is 4.18 Å². The van der Waals surface area contributed by atoms with Crippen molar-refractivity contribution in [2.45, 2.75) is 19.1 Å². The van der Waals surface area contributed by atoms with Crippen molar-refractivity contribution in [3.05, 3.63) is 35.9 Å². The molecular formula is C10H13NO2S. The van der Waals surface area contributed by atoms with Crippen molar-refractivity contribution in [3.8, 4) is 0 Å². The number of rotatable bonds is 1. The van der Waals surface area contributed by atoms with Crippen molar-refractivity contribution in [2.75, 3.05) is 7.05 Å². The highest BCUT2D eigenvalue weighted by Gasteiger charge is 2.36. The molecule has 3 nitrogen and oxygen atoms in total. The molecule has 0 saturated carbocycles. The number of benzene rings is 1. The predicted molar refractivity (Wildman–Crippen MR) is 55.6 cm³/mol. The predicted octanol–water partition coefficient (Wildman–Crippen LogP) is 1.66. The van der Waals surface area contributed by atoms with Crippen LogP contribution in [0, 0.1) is 0 Å². The minimum atomic E-state index is -1.29. The van der Waals surface area contributed by atoms with Crippen LogP contribution in [0.5, 0.6) is 0 Å². The summed E-state index contributed by atoms with van der Waals surface area (Å²) in [7, 11) is 1.81. The standard InChI is InChI=1S/C10H13NO2S/c1-8-10(13-14(12)11(8)2)9-6-4-3-5-7-9/h3-8,10H,1-2H3. The van der Waals surface area contributed by atoms with E-state index in [2.05, 4.69) is 0 Å². The number of hydrogen-bond acceptors (Lipinski definition) is 2. The van der Waals surface area contributed by atoms with E-state index in [1.54, 1.807) is 4.31 Å². The highest BCUT2D eigenvalue weighted by molar-refractivity contribution is 7.77. The molecule has 0 radical (unpaired) electrons. The van der Waals surface area contributed by atoms with Gasteiger partial charge < -0.3 is 0 Å². The fourth-order valence-corrected chi connectivity index (χ4v) is 2.51. The molecule has 0 aliphatic carbocycles. The van der Waals surface area contributed by atoms with Crippen molar-refractivity contribution in [3.63, 3.8) is 0 Å². The highest BCUT2D eigenvalue weighted by atomic mass is 32.2. The van der Waals surface area contributed by atoms with Gasteiger partial charge in [0.1, 0.15) is 6.10 Å². The molecule has 0 spiro atoms. The van der Waals surface area contributed by atoms with Gasteiger partial charge >= 0.3 is 0 Å². The van der Waals surface area contributed by atoms with Gasteiger partial charge in [0.15, 0.2) is 0 Å². The van der Waals surface area contributed by atoms with E-state index in [9.17, 15) is 4.21 Å². The Morgan fingerprint density at radius 1 is 1.36 bits per heavy atom. The molecule has 14 heavy (non-hydrogen) atoms. The molecule has 0 N–H and O–H groups in total. The molecule has 0 aromatic heterocycles. The smallest absolute Gasteiger partial charge is 0.237 e. The summed E-state index contributed by atoms with van der Waals surface area (Å²) in [5.41, 5.74) is 1.08. The van der Waals surface area contributed by atoms with Crippen LogP contribution >= 0.6 is 0 Å². The third-order valence-corrected chi connectivity index (χ3v) is 3.74. The van der Waals surface area contributed by atoms with Crippen molar-refractivity contribution in [1.82, 2.24) is 4.31 Å². The second-order valence-electron chi connectivity index (χ2n) is 3.43. The molecule has 1 heterocycles. The van der Waals surface area contributed by atoms with Crippen LogP contribution in [0.3, 0.4) is 0 Å².